The fraction of sp³-hybridized carbons (Fsp3) is 0.489. The molecule has 0 spiro atoms. The Kier molecular flexibility index (Phi) is 33.9. The zero-order chi connectivity index (χ0) is 74.4. The Hall–Kier alpha value is -6.30. The van der Waals surface area contributed by atoms with E-state index in [0.29, 0.717) is 18.1 Å². The lowest BCUT2D eigenvalue weighted by molar-refractivity contribution is 0.0224. The van der Waals surface area contributed by atoms with Crippen LogP contribution < -0.4 is 15.2 Å². The van der Waals surface area contributed by atoms with Gasteiger partial charge in [-0.1, -0.05) is 261 Å². The Morgan fingerprint density at radius 3 is 0.942 bits per heavy atom. The topological polar surface area (TPSA) is 72.7 Å². The van der Waals surface area contributed by atoms with Crippen LogP contribution in [0.3, 0.4) is 0 Å². The highest BCUT2D eigenvalue weighted by atomic mass is 35.5. The van der Waals surface area contributed by atoms with Crippen molar-refractivity contribution >= 4 is 23.2 Å². The zero-order valence-electron chi connectivity index (χ0n) is 65.5. The first-order valence-corrected chi connectivity index (χ1v) is 40.0. The molecule has 2 N–H and O–H groups in total. The first kappa shape index (κ1) is 83.3. The van der Waals surface area contributed by atoms with E-state index in [-0.39, 0.29) is 27.7 Å². The number of likely N-dealkylation sites (tertiary alicyclic amines) is 3. The molecule has 12 rings (SSSR count). The van der Waals surface area contributed by atoms with Crippen molar-refractivity contribution in [2.75, 3.05) is 79.9 Å². The maximum atomic E-state index is 6.35. The fourth-order valence-electron chi connectivity index (χ4n) is 16.1. The van der Waals surface area contributed by atoms with E-state index in [1.807, 2.05) is 68.4 Å². The van der Waals surface area contributed by atoms with E-state index in [2.05, 4.69) is 234 Å². The average Bonchev–Trinajstić information content (AvgIpc) is 0.819. The second-order valence-corrected chi connectivity index (χ2v) is 32.8. The third-order valence-corrected chi connectivity index (χ3v) is 23.1. The van der Waals surface area contributed by atoms with Crippen LogP contribution in [0.1, 0.15) is 228 Å². The van der Waals surface area contributed by atoms with E-state index in [9.17, 15) is 0 Å². The lowest BCUT2D eigenvalue weighted by Gasteiger charge is -2.43. The third-order valence-electron chi connectivity index (χ3n) is 22.6. The molecule has 4 heterocycles. The van der Waals surface area contributed by atoms with Gasteiger partial charge in [-0.05, 0) is 257 Å². The lowest BCUT2D eigenvalue weighted by Crippen LogP contribution is -2.41. The molecule has 0 radical (unpaired) electrons. The summed E-state index contributed by atoms with van der Waals surface area (Å²) in [6.07, 6.45) is 17.5. The molecule has 4 aliphatic heterocycles. The summed E-state index contributed by atoms with van der Waals surface area (Å²) < 4.78 is 21.0. The summed E-state index contributed by atoms with van der Waals surface area (Å²) in [5.74, 6) is 3.57. The average molecular weight is 1450 g/mol. The van der Waals surface area contributed by atoms with Gasteiger partial charge in [0.15, 0.2) is 0 Å². The Morgan fingerprint density at radius 2 is 0.644 bits per heavy atom. The molecule has 8 aromatic rings. The molecule has 4 saturated heterocycles. The van der Waals surface area contributed by atoms with Crippen LogP contribution in [0.15, 0.2) is 218 Å². The molecule has 104 heavy (non-hydrogen) atoms. The van der Waals surface area contributed by atoms with Crippen LogP contribution in [0, 0.1) is 11.8 Å². The van der Waals surface area contributed by atoms with Crippen LogP contribution >= 0.6 is 23.2 Å². The van der Waals surface area contributed by atoms with Gasteiger partial charge < -0.3 is 24.7 Å². The smallest absolute Gasteiger partial charge is 0.118 e. The van der Waals surface area contributed by atoms with Crippen molar-refractivity contribution in [1.82, 2.24) is 14.7 Å². The van der Waals surface area contributed by atoms with Gasteiger partial charge in [0, 0.05) is 60.6 Å². The Balaban J connectivity index is 0.000000173. The van der Waals surface area contributed by atoms with Crippen LogP contribution in [0.4, 0.5) is 0 Å². The maximum absolute atomic E-state index is 6.35. The van der Waals surface area contributed by atoms with Gasteiger partial charge in [0.25, 0.3) is 0 Å². The molecule has 0 saturated carbocycles. The Bertz CT molecular complexity index is 3580. The molecule has 8 nitrogen and oxygen atoms in total. The molecule has 8 aromatic carbocycles. The van der Waals surface area contributed by atoms with Crippen LogP contribution in [-0.4, -0.2) is 94.6 Å². The zero-order valence-corrected chi connectivity index (χ0v) is 67.0. The minimum atomic E-state index is 0.0293. The minimum absolute atomic E-state index is 0.0293. The van der Waals surface area contributed by atoms with Gasteiger partial charge in [0.05, 0.1) is 14.2 Å². The number of piperidine rings is 3. The van der Waals surface area contributed by atoms with Gasteiger partial charge in [0.2, 0.25) is 0 Å². The summed E-state index contributed by atoms with van der Waals surface area (Å²) in [6.45, 7) is 33.6. The second-order valence-electron chi connectivity index (χ2n) is 31.9. The third kappa shape index (κ3) is 26.0. The molecule has 0 bridgehead atoms. The Morgan fingerprint density at radius 1 is 0.365 bits per heavy atom. The summed E-state index contributed by atoms with van der Waals surface area (Å²) in [5, 5.41) is 1.62. The molecule has 4 fully saturated rings. The molecular weight excluding hydrogens is 1320 g/mol. The molecule has 4 unspecified atom stereocenters. The van der Waals surface area contributed by atoms with Crippen molar-refractivity contribution < 1.29 is 18.9 Å². The number of ether oxygens (including phenoxy) is 4. The van der Waals surface area contributed by atoms with Crippen LogP contribution in [0.25, 0.3) is 0 Å². The molecular formula is C94H128Cl2N4O4. The quantitative estimate of drug-likeness (QED) is 0.0642. The predicted molar refractivity (Wildman–Crippen MR) is 441 cm³/mol. The fourth-order valence-corrected chi connectivity index (χ4v) is 16.4. The number of benzene rings is 8. The van der Waals surface area contributed by atoms with E-state index in [1.165, 1.54) is 148 Å². The van der Waals surface area contributed by atoms with Crippen molar-refractivity contribution in [3.05, 3.63) is 273 Å². The first-order valence-electron chi connectivity index (χ1n) is 39.3. The van der Waals surface area contributed by atoms with Gasteiger partial charge >= 0.3 is 0 Å². The SMILES string of the molecule is CC(C)(CC(c1ccccc1)N1CCC(C2CCOCC2)CC1)c1ccc(Cl)cc1.CC(C)(CC(c1ccccc1)N1CCCCC1)c1ccc(Cl)cc1.CCOCC.COc1ccc(C(C)(C)CC(N)c2ccccc2)cc1.COc1ccc(C(C)(C)CC(c2ccccc2)N2CCCCC2)cc1. The molecule has 0 amide bonds. The largest absolute Gasteiger partial charge is 0.497 e. The van der Waals surface area contributed by atoms with Crippen molar-refractivity contribution in [1.29, 1.82) is 0 Å². The highest BCUT2D eigenvalue weighted by molar-refractivity contribution is 6.30. The lowest BCUT2D eigenvalue weighted by atomic mass is 9.76. The van der Waals surface area contributed by atoms with Gasteiger partial charge in [-0.2, -0.15) is 0 Å². The van der Waals surface area contributed by atoms with Gasteiger partial charge in [-0.25, -0.2) is 0 Å². The van der Waals surface area contributed by atoms with Crippen molar-refractivity contribution in [2.24, 2.45) is 17.6 Å². The summed E-state index contributed by atoms with van der Waals surface area (Å²) in [4.78, 5) is 8.14. The number of nitrogens with zero attached hydrogens (tertiary/aromatic N) is 3. The second kappa shape index (κ2) is 42.3. The van der Waals surface area contributed by atoms with Crippen molar-refractivity contribution in [2.45, 2.75) is 205 Å². The Labute approximate surface area is 639 Å². The van der Waals surface area contributed by atoms with Crippen molar-refractivity contribution in [3.63, 3.8) is 0 Å². The van der Waals surface area contributed by atoms with E-state index >= 15 is 0 Å². The first-order chi connectivity index (χ1) is 50.1. The van der Waals surface area contributed by atoms with Gasteiger partial charge in [-0.3, -0.25) is 14.7 Å². The summed E-state index contributed by atoms with van der Waals surface area (Å²) in [6, 6.07) is 78.6. The molecule has 562 valence electrons. The van der Waals surface area contributed by atoms with E-state index in [0.717, 1.165) is 85.5 Å². The van der Waals surface area contributed by atoms with Gasteiger partial charge in [0.1, 0.15) is 11.5 Å². The molecule has 4 aliphatic rings. The van der Waals surface area contributed by atoms with E-state index in [1.54, 1.807) is 14.2 Å². The predicted octanol–water partition coefficient (Wildman–Crippen LogP) is 23.8. The number of hydrogen-bond acceptors (Lipinski definition) is 8. The molecule has 0 aliphatic carbocycles. The van der Waals surface area contributed by atoms with Crippen LogP contribution in [-0.2, 0) is 31.1 Å². The molecule has 10 heteroatoms. The van der Waals surface area contributed by atoms with Crippen molar-refractivity contribution in [3.8, 4) is 11.5 Å². The van der Waals surface area contributed by atoms with E-state index < -0.39 is 0 Å². The summed E-state index contributed by atoms with van der Waals surface area (Å²) in [5.41, 5.74) is 17.6. The molecule has 4 atom stereocenters. The van der Waals surface area contributed by atoms with Gasteiger partial charge in [-0.15, -0.1) is 0 Å². The number of hydrogen-bond donors (Lipinski definition) is 1. The number of methoxy groups -OCH3 is 2. The number of halogens is 2. The standard InChI is InChI=1S/C27H36ClNO.C23H31NO.C22H28ClN.C18H23NO.C4H10O/c1-27(2,24-8-10-25(28)11-9-24)20-26(23-6-4-3-5-7-23)29-16-12-21(13-17-29)22-14-18-30-19-15-22;1-23(2,20-12-14-21(25-3)15-13-20)18-22(19-10-6-4-7-11-19)24-16-8-5-9-17-24;1-22(2,19-11-13-20(23)14-12-19)17-21(18-9-5-3-6-10-18)24-15-7-4-8-16-24;1-18(2,15-9-11-16(20-3)12-10-15)13-17(19)14-7-5-4-6-8-14;1-3-5-4-2/h3-11,21-22,26H,12-20H2,1-2H3;4,6-7,10-15,22H,5,8-9,16-18H2,1-3H3;3,5-6,9-14,21H,4,7-8,15-17H2,1-2H3;4-12,17H,13,19H2,1-3H3;3-4H2,1-2H3. The maximum Gasteiger partial charge on any atom is 0.118 e. The van der Waals surface area contributed by atoms with E-state index in [4.69, 9.17) is 47.9 Å². The number of rotatable bonds is 24. The number of nitrogens with two attached hydrogens (primary N) is 1. The highest BCUT2D eigenvalue weighted by Gasteiger charge is 2.36. The van der Waals surface area contributed by atoms with Crippen LogP contribution in [0.5, 0.6) is 11.5 Å². The monoisotopic (exact) mass is 1450 g/mol. The normalized spacial score (nSPS) is 17.1. The highest BCUT2D eigenvalue weighted by Crippen LogP contribution is 2.44. The summed E-state index contributed by atoms with van der Waals surface area (Å²) in [7, 11) is 3.41. The summed E-state index contributed by atoms with van der Waals surface area (Å²) >= 11 is 12.2. The minimum Gasteiger partial charge on any atom is -0.497 e. The van der Waals surface area contributed by atoms with Crippen LogP contribution in [0.2, 0.25) is 10.0 Å². The molecule has 0 aromatic heterocycles.